The molecular weight excluding hydrogens is 354 g/mol. The van der Waals surface area contributed by atoms with Gasteiger partial charge in [0.2, 0.25) is 5.91 Å². The minimum atomic E-state index is -0.449. The second-order valence-electron chi connectivity index (χ2n) is 6.60. The largest absolute Gasteiger partial charge is 0.334 e. The fourth-order valence-electron chi connectivity index (χ4n) is 3.05. The summed E-state index contributed by atoms with van der Waals surface area (Å²) in [6.07, 6.45) is 3.39. The van der Waals surface area contributed by atoms with Crippen molar-refractivity contribution < 1.29 is 9.72 Å². The number of aryl methyl sites for hydroxylation is 1. The van der Waals surface area contributed by atoms with Gasteiger partial charge in [0.25, 0.3) is 5.69 Å². The number of hydrogen-bond acceptors (Lipinski definition) is 4. The number of carbonyl (C=O) groups excluding carboxylic acids is 1. The molecule has 0 aliphatic rings. The molecule has 3 rings (SSSR count). The van der Waals surface area contributed by atoms with E-state index < -0.39 is 4.92 Å². The van der Waals surface area contributed by atoms with Crippen molar-refractivity contribution in [2.24, 2.45) is 0 Å². The molecule has 1 heterocycles. The second-order valence-corrected chi connectivity index (χ2v) is 6.60. The van der Waals surface area contributed by atoms with Gasteiger partial charge in [0.05, 0.1) is 11.3 Å². The molecule has 1 aromatic heterocycles. The molecule has 0 radical (unpaired) electrons. The number of nitro benzene ring substituents is 1. The molecule has 0 atom stereocenters. The molecule has 0 aliphatic heterocycles. The Labute approximate surface area is 163 Å². The minimum Gasteiger partial charge on any atom is -0.334 e. The molecule has 0 fully saturated rings. The zero-order valence-electron chi connectivity index (χ0n) is 15.6. The van der Waals surface area contributed by atoms with Crippen LogP contribution in [0.25, 0.3) is 0 Å². The molecule has 0 aliphatic carbocycles. The van der Waals surface area contributed by atoms with E-state index in [1.807, 2.05) is 43.3 Å². The quantitative estimate of drug-likeness (QED) is 0.461. The first-order valence-electron chi connectivity index (χ1n) is 8.98. The first kappa shape index (κ1) is 19.2. The molecule has 0 N–H and O–H groups in total. The standard InChI is InChI=1S/C22H21N3O3/c1-17-7-2-3-10-20(17)16-24(15-18-8-6-12-23-14-18)22(26)13-19-9-4-5-11-21(19)25(27)28/h2-12,14H,13,15-16H2,1H3. The van der Waals surface area contributed by atoms with Gasteiger partial charge in [-0.25, -0.2) is 0 Å². The third kappa shape index (κ3) is 4.79. The van der Waals surface area contributed by atoms with Gasteiger partial charge in [0.15, 0.2) is 0 Å². The molecular formula is C22H21N3O3. The predicted molar refractivity (Wildman–Crippen MR) is 106 cm³/mol. The van der Waals surface area contributed by atoms with E-state index in [4.69, 9.17) is 0 Å². The Morgan fingerprint density at radius 1 is 1.00 bits per heavy atom. The van der Waals surface area contributed by atoms with Crippen LogP contribution in [-0.4, -0.2) is 20.7 Å². The Bertz CT molecular complexity index is 974. The third-order valence-corrected chi connectivity index (χ3v) is 4.60. The van der Waals surface area contributed by atoms with Crippen LogP contribution in [0.1, 0.15) is 22.3 Å². The summed E-state index contributed by atoms with van der Waals surface area (Å²) in [5.41, 5.74) is 3.43. The minimum absolute atomic E-state index is 0.0245. The Balaban J connectivity index is 1.86. The maximum atomic E-state index is 13.1. The molecule has 2 aromatic carbocycles. The van der Waals surface area contributed by atoms with E-state index in [1.54, 1.807) is 35.5 Å². The lowest BCUT2D eigenvalue weighted by molar-refractivity contribution is -0.385. The zero-order valence-corrected chi connectivity index (χ0v) is 15.6. The normalized spacial score (nSPS) is 10.5. The molecule has 0 spiro atoms. The molecule has 6 heteroatoms. The number of carbonyl (C=O) groups is 1. The van der Waals surface area contributed by atoms with Crippen molar-refractivity contribution in [1.29, 1.82) is 0 Å². The van der Waals surface area contributed by atoms with Crippen LogP contribution in [0.3, 0.4) is 0 Å². The average Bonchev–Trinajstić information content (AvgIpc) is 2.70. The van der Waals surface area contributed by atoms with Gasteiger partial charge in [-0.05, 0) is 29.7 Å². The summed E-state index contributed by atoms with van der Waals surface area (Å²) < 4.78 is 0. The van der Waals surface area contributed by atoms with Crippen molar-refractivity contribution in [2.75, 3.05) is 0 Å². The average molecular weight is 375 g/mol. The van der Waals surface area contributed by atoms with Crippen molar-refractivity contribution in [3.63, 3.8) is 0 Å². The molecule has 28 heavy (non-hydrogen) atoms. The van der Waals surface area contributed by atoms with Crippen LogP contribution in [0.15, 0.2) is 73.1 Å². The number of nitro groups is 1. The van der Waals surface area contributed by atoms with Crippen molar-refractivity contribution >= 4 is 11.6 Å². The van der Waals surface area contributed by atoms with Crippen molar-refractivity contribution in [3.8, 4) is 0 Å². The van der Waals surface area contributed by atoms with Crippen LogP contribution >= 0.6 is 0 Å². The van der Waals surface area contributed by atoms with E-state index in [1.165, 1.54) is 6.07 Å². The Morgan fingerprint density at radius 3 is 2.39 bits per heavy atom. The predicted octanol–water partition coefficient (Wildman–Crippen LogP) is 4.07. The number of benzene rings is 2. The fourth-order valence-corrected chi connectivity index (χ4v) is 3.05. The van der Waals surface area contributed by atoms with Gasteiger partial charge in [0.1, 0.15) is 0 Å². The Hall–Kier alpha value is -3.54. The SMILES string of the molecule is Cc1ccccc1CN(Cc1cccnc1)C(=O)Cc1ccccc1[N+](=O)[O-]. The maximum absolute atomic E-state index is 13.1. The van der Waals surface area contributed by atoms with E-state index in [0.717, 1.165) is 16.7 Å². The topological polar surface area (TPSA) is 76.3 Å². The van der Waals surface area contributed by atoms with Gasteiger partial charge in [-0.15, -0.1) is 0 Å². The van der Waals surface area contributed by atoms with Gasteiger partial charge in [-0.3, -0.25) is 19.9 Å². The summed E-state index contributed by atoms with van der Waals surface area (Å²) >= 11 is 0. The molecule has 0 saturated carbocycles. The highest BCUT2D eigenvalue weighted by Gasteiger charge is 2.21. The summed E-state index contributed by atoms with van der Waals surface area (Å²) in [5.74, 6) is -0.165. The third-order valence-electron chi connectivity index (χ3n) is 4.60. The number of para-hydroxylation sites is 1. The van der Waals surface area contributed by atoms with Gasteiger partial charge >= 0.3 is 0 Å². The number of rotatable bonds is 7. The lowest BCUT2D eigenvalue weighted by Gasteiger charge is -2.24. The van der Waals surface area contributed by atoms with E-state index in [-0.39, 0.29) is 18.0 Å². The molecule has 0 bridgehead atoms. The highest BCUT2D eigenvalue weighted by Crippen LogP contribution is 2.20. The van der Waals surface area contributed by atoms with E-state index >= 15 is 0 Å². The highest BCUT2D eigenvalue weighted by molar-refractivity contribution is 5.80. The summed E-state index contributed by atoms with van der Waals surface area (Å²) in [6.45, 7) is 2.83. The summed E-state index contributed by atoms with van der Waals surface area (Å²) in [5, 5.41) is 11.3. The Kier molecular flexibility index (Phi) is 6.11. The number of amides is 1. The van der Waals surface area contributed by atoms with E-state index in [0.29, 0.717) is 18.7 Å². The van der Waals surface area contributed by atoms with Crippen LogP contribution in [0, 0.1) is 17.0 Å². The maximum Gasteiger partial charge on any atom is 0.273 e. The van der Waals surface area contributed by atoms with Gasteiger partial charge in [0, 0.05) is 37.1 Å². The number of pyridine rings is 1. The lowest BCUT2D eigenvalue weighted by atomic mass is 10.1. The first-order chi connectivity index (χ1) is 13.5. The van der Waals surface area contributed by atoms with Crippen molar-refractivity contribution in [3.05, 3.63) is 105 Å². The van der Waals surface area contributed by atoms with Crippen LogP contribution in [0.2, 0.25) is 0 Å². The number of hydrogen-bond donors (Lipinski definition) is 0. The van der Waals surface area contributed by atoms with Crippen LogP contribution in [0.5, 0.6) is 0 Å². The van der Waals surface area contributed by atoms with E-state index in [2.05, 4.69) is 4.98 Å². The number of nitrogens with zero attached hydrogens (tertiary/aromatic N) is 3. The summed E-state index contributed by atoms with van der Waals surface area (Å²) in [4.78, 5) is 29.7. The molecule has 0 saturated heterocycles. The lowest BCUT2D eigenvalue weighted by Crippen LogP contribution is -2.32. The van der Waals surface area contributed by atoms with Crippen LogP contribution in [0.4, 0.5) is 5.69 Å². The van der Waals surface area contributed by atoms with Crippen LogP contribution < -0.4 is 0 Å². The zero-order chi connectivity index (χ0) is 19.9. The van der Waals surface area contributed by atoms with Gasteiger partial charge in [-0.2, -0.15) is 0 Å². The molecule has 3 aromatic rings. The van der Waals surface area contributed by atoms with Crippen molar-refractivity contribution in [2.45, 2.75) is 26.4 Å². The molecule has 1 amide bonds. The summed E-state index contributed by atoms with van der Waals surface area (Å²) in [7, 11) is 0. The smallest absolute Gasteiger partial charge is 0.273 e. The van der Waals surface area contributed by atoms with Gasteiger partial charge < -0.3 is 4.90 Å². The van der Waals surface area contributed by atoms with Crippen LogP contribution in [-0.2, 0) is 24.3 Å². The highest BCUT2D eigenvalue weighted by atomic mass is 16.6. The molecule has 0 unspecified atom stereocenters. The molecule has 142 valence electrons. The van der Waals surface area contributed by atoms with Crippen molar-refractivity contribution in [1.82, 2.24) is 9.88 Å². The number of aromatic nitrogens is 1. The fraction of sp³-hybridized carbons (Fsp3) is 0.182. The summed E-state index contributed by atoms with van der Waals surface area (Å²) in [6, 6.07) is 18.0. The van der Waals surface area contributed by atoms with Gasteiger partial charge in [-0.1, -0.05) is 48.5 Å². The second kappa shape index (κ2) is 8.90. The first-order valence-corrected chi connectivity index (χ1v) is 8.98. The Morgan fingerprint density at radius 2 is 1.71 bits per heavy atom. The molecule has 6 nitrogen and oxygen atoms in total. The monoisotopic (exact) mass is 375 g/mol. The van der Waals surface area contributed by atoms with E-state index in [9.17, 15) is 14.9 Å².